The molecule has 7 nitrogen and oxygen atoms in total. The van der Waals surface area contributed by atoms with Crippen molar-refractivity contribution in [2.24, 2.45) is 0 Å². The van der Waals surface area contributed by atoms with Gasteiger partial charge in [0.1, 0.15) is 6.04 Å². The first kappa shape index (κ1) is 24.3. The highest BCUT2D eigenvalue weighted by atomic mass is 16.5. The van der Waals surface area contributed by atoms with E-state index < -0.39 is 12.0 Å². The van der Waals surface area contributed by atoms with Gasteiger partial charge in [-0.3, -0.25) is 9.59 Å². The number of carbonyl (C=O) groups is 3. The third-order valence-electron chi connectivity index (χ3n) is 5.56. The molecule has 0 aliphatic heterocycles. The van der Waals surface area contributed by atoms with Gasteiger partial charge in [0, 0.05) is 47.3 Å². The average Bonchev–Trinajstić information content (AvgIpc) is 3.29. The molecule has 1 aromatic heterocycles. The van der Waals surface area contributed by atoms with Crippen molar-refractivity contribution in [1.82, 2.24) is 10.3 Å². The van der Waals surface area contributed by atoms with Gasteiger partial charge in [-0.2, -0.15) is 0 Å². The van der Waals surface area contributed by atoms with Crippen LogP contribution >= 0.6 is 0 Å². The topological polar surface area (TPSA) is 100 Å². The maximum Gasteiger partial charge on any atom is 0.337 e. The predicted molar refractivity (Wildman–Crippen MR) is 138 cm³/mol. The summed E-state index contributed by atoms with van der Waals surface area (Å²) in [6, 6.07) is 21.1. The van der Waals surface area contributed by atoms with Crippen molar-refractivity contribution in [3.8, 4) is 11.8 Å². The monoisotopic (exact) mass is 479 g/mol. The summed E-state index contributed by atoms with van der Waals surface area (Å²) in [5, 5.41) is 6.65. The maximum absolute atomic E-state index is 13.1. The highest BCUT2D eigenvalue weighted by Crippen LogP contribution is 2.20. The Morgan fingerprint density at radius 3 is 2.42 bits per heavy atom. The second-order valence-corrected chi connectivity index (χ2v) is 8.21. The van der Waals surface area contributed by atoms with Crippen molar-refractivity contribution in [3.63, 3.8) is 0 Å². The Balaban J connectivity index is 1.50. The normalized spacial score (nSPS) is 11.2. The minimum atomic E-state index is -0.752. The fourth-order valence-corrected chi connectivity index (χ4v) is 3.87. The first-order valence-electron chi connectivity index (χ1n) is 11.4. The number of nitrogens with one attached hydrogen (secondary N) is 3. The lowest BCUT2D eigenvalue weighted by molar-refractivity contribution is -0.125. The minimum absolute atomic E-state index is 0.288. The number of methoxy groups -OCH3 is 1. The smallest absolute Gasteiger partial charge is 0.337 e. The van der Waals surface area contributed by atoms with Crippen LogP contribution in [0.4, 0.5) is 5.69 Å². The molecular weight excluding hydrogens is 454 g/mol. The van der Waals surface area contributed by atoms with E-state index in [1.807, 2.05) is 36.5 Å². The van der Waals surface area contributed by atoms with Crippen LogP contribution < -0.4 is 10.6 Å². The SMILES string of the molecule is COC(=O)c1cccc(C#Cc2cccc(NC(=O)C(Cc3c[nH]c4ccccc34)NC(C)=O)c2)c1. The molecule has 0 aliphatic carbocycles. The van der Waals surface area contributed by atoms with Crippen molar-refractivity contribution in [2.75, 3.05) is 12.4 Å². The molecule has 0 saturated heterocycles. The fraction of sp³-hybridized carbons (Fsp3) is 0.138. The molecule has 3 N–H and O–H groups in total. The van der Waals surface area contributed by atoms with Gasteiger partial charge >= 0.3 is 5.97 Å². The van der Waals surface area contributed by atoms with Crippen LogP contribution in [0.5, 0.6) is 0 Å². The van der Waals surface area contributed by atoms with Crippen LogP contribution in [0.25, 0.3) is 10.9 Å². The predicted octanol–water partition coefficient (Wildman–Crippen LogP) is 4.04. The lowest BCUT2D eigenvalue weighted by Gasteiger charge is -2.17. The maximum atomic E-state index is 13.1. The zero-order valence-corrected chi connectivity index (χ0v) is 19.9. The van der Waals surface area contributed by atoms with Gasteiger partial charge in [0.05, 0.1) is 12.7 Å². The molecule has 180 valence electrons. The van der Waals surface area contributed by atoms with Crippen LogP contribution in [0.3, 0.4) is 0 Å². The molecule has 0 bridgehead atoms. The lowest BCUT2D eigenvalue weighted by atomic mass is 10.0. The van der Waals surface area contributed by atoms with E-state index in [9.17, 15) is 14.4 Å². The first-order chi connectivity index (χ1) is 17.4. The number of rotatable bonds is 6. The Morgan fingerprint density at radius 2 is 1.67 bits per heavy atom. The number of aromatic amines is 1. The molecule has 1 atom stereocenters. The molecule has 7 heteroatoms. The van der Waals surface area contributed by atoms with Gasteiger partial charge in [-0.05, 0) is 48.0 Å². The van der Waals surface area contributed by atoms with Gasteiger partial charge in [0.2, 0.25) is 11.8 Å². The van der Waals surface area contributed by atoms with E-state index in [1.54, 1.807) is 42.5 Å². The second-order valence-electron chi connectivity index (χ2n) is 8.21. The number of fused-ring (bicyclic) bond motifs is 1. The third kappa shape index (κ3) is 5.99. The summed E-state index contributed by atoms with van der Waals surface area (Å²) in [7, 11) is 1.33. The summed E-state index contributed by atoms with van der Waals surface area (Å²) in [5.74, 6) is 5.03. The highest BCUT2D eigenvalue weighted by Gasteiger charge is 2.21. The van der Waals surface area contributed by atoms with E-state index in [1.165, 1.54) is 14.0 Å². The number of anilines is 1. The van der Waals surface area contributed by atoms with Gasteiger partial charge in [-0.1, -0.05) is 42.2 Å². The summed E-state index contributed by atoms with van der Waals surface area (Å²) in [6.07, 6.45) is 2.20. The second kappa shape index (κ2) is 11.1. The van der Waals surface area contributed by atoms with Gasteiger partial charge in [0.25, 0.3) is 0 Å². The first-order valence-corrected chi connectivity index (χ1v) is 11.4. The van der Waals surface area contributed by atoms with Crippen molar-refractivity contribution < 1.29 is 19.1 Å². The van der Waals surface area contributed by atoms with Gasteiger partial charge < -0.3 is 20.4 Å². The molecule has 0 fully saturated rings. The van der Waals surface area contributed by atoms with Crippen molar-refractivity contribution >= 4 is 34.4 Å². The van der Waals surface area contributed by atoms with Gasteiger partial charge in [-0.15, -0.1) is 0 Å². The highest BCUT2D eigenvalue weighted by molar-refractivity contribution is 5.98. The van der Waals surface area contributed by atoms with E-state index in [2.05, 4.69) is 27.5 Å². The molecule has 36 heavy (non-hydrogen) atoms. The van der Waals surface area contributed by atoms with Crippen molar-refractivity contribution in [1.29, 1.82) is 0 Å². The molecule has 2 amide bonds. The van der Waals surface area contributed by atoms with E-state index in [0.717, 1.165) is 16.5 Å². The third-order valence-corrected chi connectivity index (χ3v) is 5.56. The minimum Gasteiger partial charge on any atom is -0.465 e. The van der Waals surface area contributed by atoms with Crippen LogP contribution in [0, 0.1) is 11.8 Å². The number of esters is 1. The summed E-state index contributed by atoms with van der Waals surface area (Å²) in [5.41, 5.74) is 4.24. The number of hydrogen-bond acceptors (Lipinski definition) is 4. The molecule has 0 aliphatic rings. The van der Waals surface area contributed by atoms with Gasteiger partial charge in [0.15, 0.2) is 0 Å². The summed E-state index contributed by atoms with van der Waals surface area (Å²) < 4.78 is 4.75. The standard InChI is InChI=1S/C29H25N3O4/c1-19(33)31-27(17-23-18-30-26-12-4-3-11-25(23)26)28(34)32-24-10-6-8-21(16-24)14-13-20-7-5-9-22(15-20)29(35)36-2/h3-12,15-16,18,27,30H,17H2,1-2H3,(H,31,33)(H,32,34). The Morgan fingerprint density at radius 1 is 0.944 bits per heavy atom. The Labute approximate surface area is 208 Å². The largest absolute Gasteiger partial charge is 0.465 e. The molecule has 1 unspecified atom stereocenters. The molecule has 0 radical (unpaired) electrons. The van der Waals surface area contributed by atoms with Crippen LogP contribution in [0.1, 0.15) is 34.0 Å². The quantitative estimate of drug-likeness (QED) is 0.287. The van der Waals surface area contributed by atoms with E-state index in [-0.39, 0.29) is 11.8 Å². The number of para-hydroxylation sites is 1. The lowest BCUT2D eigenvalue weighted by Crippen LogP contribution is -2.44. The number of hydrogen-bond donors (Lipinski definition) is 3. The van der Waals surface area contributed by atoms with Crippen LogP contribution in [-0.2, 0) is 20.7 Å². The molecule has 3 aromatic carbocycles. The average molecular weight is 480 g/mol. The number of ether oxygens (including phenoxy) is 1. The van der Waals surface area contributed by atoms with Crippen molar-refractivity contribution in [3.05, 3.63) is 101 Å². The Bertz CT molecular complexity index is 1490. The Hall–Kier alpha value is -4.83. The van der Waals surface area contributed by atoms with Gasteiger partial charge in [-0.25, -0.2) is 4.79 Å². The van der Waals surface area contributed by atoms with E-state index in [4.69, 9.17) is 4.74 Å². The zero-order valence-electron chi connectivity index (χ0n) is 19.9. The summed E-state index contributed by atoms with van der Waals surface area (Å²) >= 11 is 0. The molecule has 0 saturated carbocycles. The number of carbonyl (C=O) groups excluding carboxylic acids is 3. The van der Waals surface area contributed by atoms with E-state index >= 15 is 0 Å². The number of H-pyrrole nitrogens is 1. The molecule has 4 rings (SSSR count). The van der Waals surface area contributed by atoms with E-state index in [0.29, 0.717) is 28.8 Å². The fourth-order valence-electron chi connectivity index (χ4n) is 3.87. The number of benzene rings is 3. The Kier molecular flexibility index (Phi) is 7.47. The molecule has 4 aromatic rings. The molecule has 0 spiro atoms. The number of amides is 2. The summed E-state index contributed by atoms with van der Waals surface area (Å²) in [4.78, 5) is 39.9. The van der Waals surface area contributed by atoms with Crippen LogP contribution in [-0.4, -0.2) is 35.9 Å². The zero-order chi connectivity index (χ0) is 25.5. The van der Waals surface area contributed by atoms with Crippen molar-refractivity contribution in [2.45, 2.75) is 19.4 Å². The van der Waals surface area contributed by atoms with Crippen LogP contribution in [0.15, 0.2) is 79.0 Å². The van der Waals surface area contributed by atoms with Crippen LogP contribution in [0.2, 0.25) is 0 Å². The number of aromatic nitrogens is 1. The molecule has 1 heterocycles. The summed E-state index contributed by atoms with van der Waals surface area (Å²) in [6.45, 7) is 1.39. The molecular formula is C29H25N3O4.